The third-order valence-corrected chi connectivity index (χ3v) is 4.08. The van der Waals surface area contributed by atoms with Crippen LogP contribution in [0.2, 0.25) is 4.34 Å². The van der Waals surface area contributed by atoms with Crippen molar-refractivity contribution in [2.24, 2.45) is 0 Å². The van der Waals surface area contributed by atoms with Crippen molar-refractivity contribution in [2.75, 3.05) is 6.54 Å². The molecule has 0 aromatic carbocycles. The standard InChI is InChI=1S/C14H20ClNO3S/c15-12-8-7-11(20-12)10-13(17)16-9-5-3-1-2-4-6-14(18)19/h7-8H,1-6,9-10H2,(H,16,17)(H,18,19). The first-order valence-electron chi connectivity index (χ1n) is 6.80. The van der Waals surface area contributed by atoms with Crippen LogP contribution in [0.3, 0.4) is 0 Å². The van der Waals surface area contributed by atoms with Gasteiger partial charge in [0.2, 0.25) is 5.91 Å². The Labute approximate surface area is 128 Å². The highest BCUT2D eigenvalue weighted by Crippen LogP contribution is 2.21. The van der Waals surface area contributed by atoms with E-state index in [2.05, 4.69) is 5.32 Å². The van der Waals surface area contributed by atoms with Crippen LogP contribution in [0, 0.1) is 0 Å². The Morgan fingerprint density at radius 3 is 2.50 bits per heavy atom. The van der Waals surface area contributed by atoms with Crippen LogP contribution in [-0.2, 0) is 16.0 Å². The highest BCUT2D eigenvalue weighted by molar-refractivity contribution is 7.16. The number of thiophene rings is 1. The number of aliphatic carboxylic acids is 1. The molecule has 0 aliphatic carbocycles. The molecule has 0 spiro atoms. The second-order valence-electron chi connectivity index (χ2n) is 4.64. The van der Waals surface area contributed by atoms with Gasteiger partial charge in [0.05, 0.1) is 10.8 Å². The molecule has 1 amide bonds. The van der Waals surface area contributed by atoms with Gasteiger partial charge < -0.3 is 10.4 Å². The van der Waals surface area contributed by atoms with Crippen molar-refractivity contribution in [1.82, 2.24) is 5.32 Å². The lowest BCUT2D eigenvalue weighted by Gasteiger charge is -2.04. The number of halogens is 1. The number of rotatable bonds is 10. The molecule has 0 aliphatic heterocycles. The molecule has 112 valence electrons. The van der Waals surface area contributed by atoms with Crippen molar-refractivity contribution in [3.63, 3.8) is 0 Å². The molecule has 1 rings (SSSR count). The molecule has 6 heteroatoms. The van der Waals surface area contributed by atoms with E-state index in [4.69, 9.17) is 16.7 Å². The number of hydrogen-bond acceptors (Lipinski definition) is 3. The van der Waals surface area contributed by atoms with E-state index in [1.54, 1.807) is 6.07 Å². The Morgan fingerprint density at radius 2 is 1.85 bits per heavy atom. The number of hydrogen-bond donors (Lipinski definition) is 2. The normalized spacial score (nSPS) is 10.4. The average molecular weight is 318 g/mol. The van der Waals surface area contributed by atoms with E-state index in [9.17, 15) is 9.59 Å². The van der Waals surface area contributed by atoms with Gasteiger partial charge in [0.25, 0.3) is 0 Å². The molecule has 1 aromatic heterocycles. The van der Waals surface area contributed by atoms with Gasteiger partial charge >= 0.3 is 5.97 Å². The summed E-state index contributed by atoms with van der Waals surface area (Å²) in [5.74, 6) is -0.708. The van der Waals surface area contributed by atoms with Crippen molar-refractivity contribution in [3.05, 3.63) is 21.3 Å². The van der Waals surface area contributed by atoms with Crippen LogP contribution in [-0.4, -0.2) is 23.5 Å². The van der Waals surface area contributed by atoms with E-state index in [0.29, 0.717) is 17.3 Å². The molecule has 0 saturated heterocycles. The summed E-state index contributed by atoms with van der Waals surface area (Å²) in [5, 5.41) is 11.4. The van der Waals surface area contributed by atoms with E-state index in [1.807, 2.05) is 6.07 Å². The van der Waals surface area contributed by atoms with Crippen molar-refractivity contribution in [3.8, 4) is 0 Å². The Hall–Kier alpha value is -1.07. The maximum absolute atomic E-state index is 11.6. The maximum Gasteiger partial charge on any atom is 0.303 e. The minimum absolute atomic E-state index is 0.0226. The molecular formula is C14H20ClNO3S. The molecule has 0 unspecified atom stereocenters. The molecular weight excluding hydrogens is 298 g/mol. The zero-order chi connectivity index (χ0) is 14.8. The summed E-state index contributed by atoms with van der Waals surface area (Å²) in [6.45, 7) is 0.677. The summed E-state index contributed by atoms with van der Waals surface area (Å²) in [4.78, 5) is 22.9. The molecule has 0 fully saturated rings. The van der Waals surface area contributed by atoms with Crippen LogP contribution in [0.15, 0.2) is 12.1 Å². The largest absolute Gasteiger partial charge is 0.481 e. The lowest BCUT2D eigenvalue weighted by molar-refractivity contribution is -0.137. The Kier molecular flexibility index (Phi) is 8.30. The third-order valence-electron chi connectivity index (χ3n) is 2.85. The van der Waals surface area contributed by atoms with E-state index in [1.165, 1.54) is 11.3 Å². The van der Waals surface area contributed by atoms with Crippen LogP contribution < -0.4 is 5.32 Å². The van der Waals surface area contributed by atoms with E-state index >= 15 is 0 Å². The van der Waals surface area contributed by atoms with Crippen molar-refractivity contribution < 1.29 is 14.7 Å². The van der Waals surface area contributed by atoms with E-state index in [0.717, 1.165) is 37.0 Å². The van der Waals surface area contributed by atoms with Gasteiger partial charge in [0.15, 0.2) is 0 Å². The molecule has 0 bridgehead atoms. The van der Waals surface area contributed by atoms with Crippen LogP contribution >= 0.6 is 22.9 Å². The monoisotopic (exact) mass is 317 g/mol. The topological polar surface area (TPSA) is 66.4 Å². The smallest absolute Gasteiger partial charge is 0.303 e. The average Bonchev–Trinajstić information content (AvgIpc) is 2.77. The third kappa shape index (κ3) is 8.17. The second kappa shape index (κ2) is 9.77. The highest BCUT2D eigenvalue weighted by atomic mass is 35.5. The lowest BCUT2D eigenvalue weighted by Crippen LogP contribution is -2.25. The molecule has 4 nitrogen and oxygen atoms in total. The predicted molar refractivity (Wildman–Crippen MR) is 81.4 cm³/mol. The van der Waals surface area contributed by atoms with Gasteiger partial charge in [-0.15, -0.1) is 11.3 Å². The van der Waals surface area contributed by atoms with Gasteiger partial charge in [-0.3, -0.25) is 9.59 Å². The fraction of sp³-hybridized carbons (Fsp3) is 0.571. The zero-order valence-electron chi connectivity index (χ0n) is 11.4. The van der Waals surface area contributed by atoms with Gasteiger partial charge in [-0.1, -0.05) is 30.9 Å². The molecule has 2 N–H and O–H groups in total. The minimum atomic E-state index is -0.731. The summed E-state index contributed by atoms with van der Waals surface area (Å²) >= 11 is 7.23. The number of amides is 1. The first kappa shape index (κ1) is 17.0. The first-order chi connectivity index (χ1) is 9.58. The molecule has 0 atom stereocenters. The number of carbonyl (C=O) groups is 2. The van der Waals surface area contributed by atoms with Crippen molar-refractivity contribution in [2.45, 2.75) is 44.9 Å². The highest BCUT2D eigenvalue weighted by Gasteiger charge is 2.05. The Bertz CT molecular complexity index is 434. The van der Waals surface area contributed by atoms with Crippen molar-refractivity contribution >= 4 is 34.8 Å². The van der Waals surface area contributed by atoms with Gasteiger partial charge in [-0.2, -0.15) is 0 Å². The first-order valence-corrected chi connectivity index (χ1v) is 8.00. The van der Waals surface area contributed by atoms with Gasteiger partial charge in [-0.25, -0.2) is 0 Å². The molecule has 0 radical (unpaired) electrons. The molecule has 1 heterocycles. The Morgan fingerprint density at radius 1 is 1.15 bits per heavy atom. The Balaban J connectivity index is 1.95. The zero-order valence-corrected chi connectivity index (χ0v) is 12.9. The van der Waals surface area contributed by atoms with Crippen molar-refractivity contribution in [1.29, 1.82) is 0 Å². The van der Waals surface area contributed by atoms with Gasteiger partial charge in [0.1, 0.15) is 0 Å². The molecule has 20 heavy (non-hydrogen) atoms. The number of carboxylic acids is 1. The second-order valence-corrected chi connectivity index (χ2v) is 6.44. The van der Waals surface area contributed by atoms with Crippen LogP contribution in [0.25, 0.3) is 0 Å². The molecule has 0 aliphatic rings. The summed E-state index contributed by atoms with van der Waals surface area (Å²) in [5.41, 5.74) is 0. The molecule has 1 aromatic rings. The van der Waals surface area contributed by atoms with Crippen LogP contribution in [0.1, 0.15) is 43.4 Å². The summed E-state index contributed by atoms with van der Waals surface area (Å²) in [7, 11) is 0. The summed E-state index contributed by atoms with van der Waals surface area (Å²) < 4.78 is 0.703. The number of nitrogens with one attached hydrogen (secondary N) is 1. The number of unbranched alkanes of at least 4 members (excludes halogenated alkanes) is 4. The predicted octanol–water partition coefficient (Wildman–Crippen LogP) is 3.49. The van der Waals surface area contributed by atoms with Gasteiger partial charge in [0, 0.05) is 17.8 Å². The summed E-state index contributed by atoms with van der Waals surface area (Å²) in [6, 6.07) is 3.67. The van der Waals surface area contributed by atoms with E-state index in [-0.39, 0.29) is 12.3 Å². The minimum Gasteiger partial charge on any atom is -0.481 e. The maximum atomic E-state index is 11.6. The molecule has 0 saturated carbocycles. The lowest BCUT2D eigenvalue weighted by atomic mass is 10.1. The number of carboxylic acid groups (broad SMARTS) is 1. The van der Waals surface area contributed by atoms with Crippen LogP contribution in [0.4, 0.5) is 0 Å². The van der Waals surface area contributed by atoms with Crippen LogP contribution in [0.5, 0.6) is 0 Å². The fourth-order valence-corrected chi connectivity index (χ4v) is 2.91. The SMILES string of the molecule is O=C(O)CCCCCCCNC(=O)Cc1ccc(Cl)s1. The fourth-order valence-electron chi connectivity index (χ4n) is 1.83. The summed E-state index contributed by atoms with van der Waals surface area (Å²) in [6.07, 6.45) is 5.28. The number of carbonyl (C=O) groups excluding carboxylic acids is 1. The quantitative estimate of drug-likeness (QED) is 0.649. The van der Waals surface area contributed by atoms with E-state index < -0.39 is 5.97 Å². The van der Waals surface area contributed by atoms with Gasteiger partial charge in [-0.05, 0) is 25.0 Å².